The van der Waals surface area contributed by atoms with E-state index < -0.39 is 9.84 Å². The normalized spacial score (nSPS) is 12.9. The zero-order valence-electron chi connectivity index (χ0n) is 11.2. The van der Waals surface area contributed by atoms with Gasteiger partial charge in [0.05, 0.1) is 22.4 Å². The second-order valence-electron chi connectivity index (χ2n) is 4.36. The second-order valence-corrected chi connectivity index (χ2v) is 8.51. The molecule has 0 bridgehead atoms. The third-order valence-corrected chi connectivity index (χ3v) is 5.06. The summed E-state index contributed by atoms with van der Waals surface area (Å²) in [5, 5.41) is 2.82. The number of carbonyl (C=O) groups is 1. The van der Waals surface area contributed by atoms with E-state index >= 15 is 0 Å². The van der Waals surface area contributed by atoms with Crippen LogP contribution in [0, 0.1) is 0 Å². The summed E-state index contributed by atoms with van der Waals surface area (Å²) in [5.74, 6) is 0.208. The van der Waals surface area contributed by atoms with Gasteiger partial charge in [-0.15, -0.1) is 11.8 Å². The molecule has 1 aromatic carbocycles. The molecule has 1 unspecified atom stereocenters. The Morgan fingerprint density at radius 2 is 2.15 bits per heavy atom. The molecule has 0 aliphatic heterocycles. The lowest BCUT2D eigenvalue weighted by Gasteiger charge is -2.13. The molecule has 8 heteroatoms. The first-order valence-corrected chi connectivity index (χ1v) is 9.33. The van der Waals surface area contributed by atoms with Crippen LogP contribution in [-0.4, -0.2) is 37.3 Å². The predicted octanol–water partition coefficient (Wildman–Crippen LogP) is 2.03. The van der Waals surface area contributed by atoms with Gasteiger partial charge in [0, 0.05) is 17.0 Å². The van der Waals surface area contributed by atoms with E-state index in [1.54, 1.807) is 25.1 Å². The number of hydrogen-bond donors (Lipinski definition) is 2. The third-order valence-electron chi connectivity index (χ3n) is 2.46. The van der Waals surface area contributed by atoms with E-state index in [2.05, 4.69) is 5.32 Å². The van der Waals surface area contributed by atoms with E-state index in [0.29, 0.717) is 22.2 Å². The zero-order chi connectivity index (χ0) is 15.3. The molecule has 1 rings (SSSR count). The number of anilines is 2. The maximum absolute atomic E-state index is 11.9. The number of hydrogen-bond acceptors (Lipinski definition) is 5. The number of nitrogens with two attached hydrogens (primary N) is 1. The van der Waals surface area contributed by atoms with E-state index in [0.717, 1.165) is 0 Å². The van der Waals surface area contributed by atoms with E-state index in [9.17, 15) is 13.2 Å². The summed E-state index contributed by atoms with van der Waals surface area (Å²) in [6.07, 6.45) is 1.17. The Hall–Kier alpha value is -0.920. The smallest absolute Gasteiger partial charge is 0.237 e. The minimum Gasteiger partial charge on any atom is -0.397 e. The fraction of sp³-hybridized carbons (Fsp3) is 0.417. The minimum absolute atomic E-state index is 0.0539. The first-order valence-electron chi connectivity index (χ1n) is 5.84. The first-order chi connectivity index (χ1) is 9.19. The van der Waals surface area contributed by atoms with Gasteiger partial charge in [0.1, 0.15) is 9.84 Å². The van der Waals surface area contributed by atoms with Crippen molar-refractivity contribution in [2.45, 2.75) is 12.2 Å². The molecular formula is C12H17ClN2O3S2. The molecule has 0 spiro atoms. The fourth-order valence-electron chi connectivity index (χ4n) is 1.33. The summed E-state index contributed by atoms with van der Waals surface area (Å²) < 4.78 is 22.0. The van der Waals surface area contributed by atoms with E-state index in [1.165, 1.54) is 18.0 Å². The van der Waals surface area contributed by atoms with Gasteiger partial charge in [-0.25, -0.2) is 8.42 Å². The monoisotopic (exact) mass is 336 g/mol. The number of benzene rings is 1. The minimum atomic E-state index is -3.00. The fourth-order valence-corrected chi connectivity index (χ4v) is 3.67. The predicted molar refractivity (Wildman–Crippen MR) is 86.1 cm³/mol. The summed E-state index contributed by atoms with van der Waals surface area (Å²) >= 11 is 7.06. The van der Waals surface area contributed by atoms with Crippen molar-refractivity contribution in [3.05, 3.63) is 23.2 Å². The quantitative estimate of drug-likeness (QED) is 0.776. The average molecular weight is 337 g/mol. The van der Waals surface area contributed by atoms with Crippen molar-refractivity contribution < 1.29 is 13.2 Å². The van der Waals surface area contributed by atoms with Crippen LogP contribution in [0.25, 0.3) is 0 Å². The lowest BCUT2D eigenvalue weighted by molar-refractivity contribution is -0.115. The van der Waals surface area contributed by atoms with Crippen LogP contribution in [0.3, 0.4) is 0 Å². The Balaban J connectivity index is 2.53. The van der Waals surface area contributed by atoms with Crippen LogP contribution >= 0.6 is 23.4 Å². The van der Waals surface area contributed by atoms with E-state index in [4.69, 9.17) is 17.3 Å². The molecule has 3 N–H and O–H groups in total. The highest BCUT2D eigenvalue weighted by Gasteiger charge is 2.15. The summed E-state index contributed by atoms with van der Waals surface area (Å²) in [7, 11) is -3.00. The molecular weight excluding hydrogens is 320 g/mol. The molecule has 1 amide bonds. The van der Waals surface area contributed by atoms with Crippen LogP contribution in [0.5, 0.6) is 0 Å². The van der Waals surface area contributed by atoms with Crippen LogP contribution in [0.1, 0.15) is 6.92 Å². The van der Waals surface area contributed by atoms with Crippen LogP contribution in [0.15, 0.2) is 18.2 Å². The molecule has 0 aromatic heterocycles. The molecule has 112 valence electrons. The molecule has 0 radical (unpaired) electrons. The number of rotatable bonds is 6. The van der Waals surface area contributed by atoms with E-state index in [1.807, 2.05) is 0 Å². The van der Waals surface area contributed by atoms with Gasteiger partial charge in [0.15, 0.2) is 0 Å². The highest BCUT2D eigenvalue weighted by Crippen LogP contribution is 2.23. The van der Waals surface area contributed by atoms with Gasteiger partial charge >= 0.3 is 0 Å². The summed E-state index contributed by atoms with van der Waals surface area (Å²) in [6, 6.07) is 4.82. The highest BCUT2D eigenvalue weighted by atomic mass is 35.5. The molecule has 0 aliphatic carbocycles. The van der Waals surface area contributed by atoms with Gasteiger partial charge in [-0.3, -0.25) is 4.79 Å². The van der Waals surface area contributed by atoms with Crippen LogP contribution < -0.4 is 11.1 Å². The van der Waals surface area contributed by atoms with Gasteiger partial charge in [0.25, 0.3) is 0 Å². The van der Waals surface area contributed by atoms with Crippen molar-refractivity contribution in [2.75, 3.05) is 28.8 Å². The Labute approximate surface area is 128 Å². The molecule has 0 heterocycles. The van der Waals surface area contributed by atoms with Gasteiger partial charge in [-0.1, -0.05) is 11.6 Å². The number of nitrogens with one attached hydrogen (secondary N) is 1. The van der Waals surface area contributed by atoms with Crippen LogP contribution in [0.4, 0.5) is 11.4 Å². The topological polar surface area (TPSA) is 89.3 Å². The molecule has 0 aliphatic rings. The van der Waals surface area contributed by atoms with Crippen LogP contribution in [0.2, 0.25) is 5.02 Å². The second kappa shape index (κ2) is 7.19. The molecule has 0 saturated heterocycles. The Morgan fingerprint density at radius 1 is 1.50 bits per heavy atom. The Bertz CT molecular complexity index is 590. The standard InChI is InChI=1S/C12H17ClN2O3S2/c1-8(19-5-6-20(2,17)18)12(16)15-11-4-3-9(13)7-10(11)14/h3-4,7-8H,5-6,14H2,1-2H3,(H,15,16). The molecule has 20 heavy (non-hydrogen) atoms. The molecule has 0 fully saturated rings. The molecule has 0 saturated carbocycles. The maximum Gasteiger partial charge on any atom is 0.237 e. The lowest BCUT2D eigenvalue weighted by atomic mass is 10.2. The number of thioether (sulfide) groups is 1. The van der Waals surface area contributed by atoms with Gasteiger partial charge in [-0.05, 0) is 25.1 Å². The van der Waals surface area contributed by atoms with E-state index in [-0.39, 0.29) is 16.9 Å². The average Bonchev–Trinajstić information content (AvgIpc) is 2.30. The Kier molecular flexibility index (Phi) is 6.16. The van der Waals surface area contributed by atoms with Crippen molar-refractivity contribution in [3.8, 4) is 0 Å². The number of sulfone groups is 1. The highest BCUT2D eigenvalue weighted by molar-refractivity contribution is 8.01. The third kappa shape index (κ3) is 6.02. The van der Waals surface area contributed by atoms with Crippen molar-refractivity contribution in [1.82, 2.24) is 0 Å². The zero-order valence-corrected chi connectivity index (χ0v) is 13.6. The van der Waals surface area contributed by atoms with Crippen molar-refractivity contribution in [3.63, 3.8) is 0 Å². The number of amides is 1. The number of halogens is 1. The largest absolute Gasteiger partial charge is 0.397 e. The number of nitrogen functional groups attached to an aromatic ring is 1. The summed E-state index contributed by atoms with van der Waals surface area (Å²) in [6.45, 7) is 1.72. The maximum atomic E-state index is 11.9. The van der Waals surface area contributed by atoms with Crippen molar-refractivity contribution in [1.29, 1.82) is 0 Å². The summed E-state index contributed by atoms with van der Waals surface area (Å²) in [5.41, 5.74) is 6.63. The number of carbonyl (C=O) groups excluding carboxylic acids is 1. The molecule has 1 atom stereocenters. The first kappa shape index (κ1) is 17.1. The SMILES string of the molecule is CC(SCCS(C)(=O)=O)C(=O)Nc1ccc(Cl)cc1N. The van der Waals surface area contributed by atoms with Gasteiger partial charge < -0.3 is 11.1 Å². The van der Waals surface area contributed by atoms with Crippen molar-refractivity contribution >= 4 is 50.5 Å². The Morgan fingerprint density at radius 3 is 2.70 bits per heavy atom. The van der Waals surface area contributed by atoms with Gasteiger partial charge in [-0.2, -0.15) is 0 Å². The summed E-state index contributed by atoms with van der Waals surface area (Å²) in [4.78, 5) is 11.9. The lowest BCUT2D eigenvalue weighted by Crippen LogP contribution is -2.24. The van der Waals surface area contributed by atoms with Crippen LogP contribution in [-0.2, 0) is 14.6 Å². The van der Waals surface area contributed by atoms with Gasteiger partial charge in [0.2, 0.25) is 5.91 Å². The molecule has 1 aromatic rings. The molecule has 5 nitrogen and oxygen atoms in total. The van der Waals surface area contributed by atoms with Crippen molar-refractivity contribution in [2.24, 2.45) is 0 Å².